The number of aromatic amines is 1. The first-order valence-electron chi connectivity index (χ1n) is 6.49. The van der Waals surface area contributed by atoms with E-state index in [1.807, 2.05) is 0 Å². The Hall–Kier alpha value is -2.70. The molecule has 1 aromatic heterocycles. The average Bonchev–Trinajstić information content (AvgIpc) is 3.09. The van der Waals surface area contributed by atoms with Crippen LogP contribution in [0.5, 0.6) is 0 Å². The van der Waals surface area contributed by atoms with E-state index in [-0.39, 0.29) is 36.5 Å². The molecule has 0 saturated carbocycles. The van der Waals surface area contributed by atoms with Gasteiger partial charge in [0.25, 0.3) is 5.91 Å². The van der Waals surface area contributed by atoms with Gasteiger partial charge in [-0.1, -0.05) is 12.1 Å². The molecule has 108 valence electrons. The van der Waals surface area contributed by atoms with E-state index in [4.69, 9.17) is 0 Å². The largest absolute Gasteiger partial charge is 0.346 e. The molecular formula is C14H13FN4O2. The maximum atomic E-state index is 13.7. The van der Waals surface area contributed by atoms with Gasteiger partial charge in [-0.2, -0.15) is 0 Å². The van der Waals surface area contributed by atoms with Crippen LogP contribution in [-0.2, 0) is 4.79 Å². The smallest absolute Gasteiger partial charge is 0.269 e. The van der Waals surface area contributed by atoms with Gasteiger partial charge in [0.05, 0.1) is 24.3 Å². The number of carbonyl (C=O) groups is 2. The highest BCUT2D eigenvalue weighted by Gasteiger charge is 2.33. The van der Waals surface area contributed by atoms with Crippen molar-refractivity contribution < 1.29 is 14.0 Å². The van der Waals surface area contributed by atoms with Crippen LogP contribution in [0.25, 0.3) is 0 Å². The number of hydrogen-bond acceptors (Lipinski definition) is 3. The fraction of sp³-hybridized carbons (Fsp3) is 0.214. The van der Waals surface area contributed by atoms with Gasteiger partial charge in [-0.25, -0.2) is 9.37 Å². The second-order valence-corrected chi connectivity index (χ2v) is 4.80. The zero-order valence-electron chi connectivity index (χ0n) is 11.0. The maximum Gasteiger partial charge on any atom is 0.269 e. The lowest BCUT2D eigenvalue weighted by molar-refractivity contribution is -0.117. The van der Waals surface area contributed by atoms with Crippen molar-refractivity contribution in [2.24, 2.45) is 0 Å². The third kappa shape index (κ3) is 2.62. The Morgan fingerprint density at radius 1 is 1.43 bits per heavy atom. The molecule has 1 aromatic carbocycles. The standard InChI is InChI=1S/C14H13FN4O2/c15-10-3-1-2-4-12(10)19-7-9(5-13(19)20)18-14(21)11-6-16-8-17-11/h1-4,6,8-9H,5,7H2,(H,16,17)(H,18,21). The number of rotatable bonds is 3. The molecule has 0 aliphatic carbocycles. The summed E-state index contributed by atoms with van der Waals surface area (Å²) in [6.07, 6.45) is 2.95. The highest BCUT2D eigenvalue weighted by Crippen LogP contribution is 2.24. The Kier molecular flexibility index (Phi) is 3.39. The lowest BCUT2D eigenvalue weighted by Crippen LogP contribution is -2.37. The quantitative estimate of drug-likeness (QED) is 0.887. The van der Waals surface area contributed by atoms with Crippen LogP contribution in [0.1, 0.15) is 16.9 Å². The number of aromatic nitrogens is 2. The summed E-state index contributed by atoms with van der Waals surface area (Å²) >= 11 is 0. The summed E-state index contributed by atoms with van der Waals surface area (Å²) < 4.78 is 13.7. The number of para-hydroxylation sites is 1. The summed E-state index contributed by atoms with van der Waals surface area (Å²) in [4.78, 5) is 31.7. The first-order valence-corrected chi connectivity index (χ1v) is 6.49. The van der Waals surface area contributed by atoms with Gasteiger partial charge in [0, 0.05) is 13.0 Å². The van der Waals surface area contributed by atoms with Crippen molar-refractivity contribution in [1.29, 1.82) is 0 Å². The number of carbonyl (C=O) groups excluding carboxylic acids is 2. The van der Waals surface area contributed by atoms with Gasteiger partial charge >= 0.3 is 0 Å². The molecule has 2 aromatic rings. The van der Waals surface area contributed by atoms with E-state index in [0.717, 1.165) is 0 Å². The van der Waals surface area contributed by atoms with E-state index in [1.54, 1.807) is 18.2 Å². The lowest BCUT2D eigenvalue weighted by atomic mass is 10.2. The first-order chi connectivity index (χ1) is 10.1. The Bertz CT molecular complexity index is 671. The minimum atomic E-state index is -0.452. The van der Waals surface area contributed by atoms with Gasteiger partial charge in [-0.05, 0) is 12.1 Å². The monoisotopic (exact) mass is 288 g/mol. The minimum Gasteiger partial charge on any atom is -0.346 e. The fourth-order valence-corrected chi connectivity index (χ4v) is 2.35. The van der Waals surface area contributed by atoms with Crippen LogP contribution in [-0.4, -0.2) is 34.4 Å². The summed E-state index contributed by atoms with van der Waals surface area (Å²) in [7, 11) is 0. The predicted molar refractivity (Wildman–Crippen MR) is 73.2 cm³/mol. The number of nitrogens with zero attached hydrogens (tertiary/aromatic N) is 2. The molecule has 1 saturated heterocycles. The van der Waals surface area contributed by atoms with Crippen molar-refractivity contribution in [2.75, 3.05) is 11.4 Å². The van der Waals surface area contributed by atoms with E-state index in [1.165, 1.54) is 23.5 Å². The Morgan fingerprint density at radius 2 is 2.24 bits per heavy atom. The summed E-state index contributed by atoms with van der Waals surface area (Å²) in [6.45, 7) is 0.250. The zero-order chi connectivity index (χ0) is 14.8. The molecule has 0 radical (unpaired) electrons. The number of anilines is 1. The highest BCUT2D eigenvalue weighted by atomic mass is 19.1. The number of halogens is 1. The van der Waals surface area contributed by atoms with Gasteiger partial charge in [-0.15, -0.1) is 0 Å². The Labute approximate surface area is 120 Å². The van der Waals surface area contributed by atoms with Crippen molar-refractivity contribution in [3.63, 3.8) is 0 Å². The molecular weight excluding hydrogens is 275 g/mol. The SMILES string of the molecule is O=C(NC1CC(=O)N(c2ccccc2F)C1)c1cnc[nH]1. The molecule has 3 rings (SSSR count). The first kappa shape index (κ1) is 13.3. The number of nitrogens with one attached hydrogen (secondary N) is 2. The van der Waals surface area contributed by atoms with Gasteiger partial charge in [0.15, 0.2) is 0 Å². The summed E-state index contributed by atoms with van der Waals surface area (Å²) in [5.74, 6) is -0.998. The van der Waals surface area contributed by atoms with Crippen molar-refractivity contribution >= 4 is 17.5 Å². The molecule has 1 aliphatic heterocycles. The molecule has 1 atom stereocenters. The number of H-pyrrole nitrogens is 1. The van der Waals surface area contributed by atoms with Crippen LogP contribution in [0.3, 0.4) is 0 Å². The van der Waals surface area contributed by atoms with E-state index >= 15 is 0 Å². The number of imidazole rings is 1. The van der Waals surface area contributed by atoms with Crippen LogP contribution in [0, 0.1) is 5.82 Å². The molecule has 0 bridgehead atoms. The topological polar surface area (TPSA) is 78.1 Å². The summed E-state index contributed by atoms with van der Waals surface area (Å²) in [6, 6.07) is 5.73. The summed E-state index contributed by atoms with van der Waals surface area (Å²) in [5, 5.41) is 2.74. The van der Waals surface area contributed by atoms with Crippen molar-refractivity contribution in [3.8, 4) is 0 Å². The minimum absolute atomic E-state index is 0.147. The molecule has 1 aliphatic rings. The maximum absolute atomic E-state index is 13.7. The van der Waals surface area contributed by atoms with Gasteiger partial charge in [0.2, 0.25) is 5.91 Å². The van der Waals surface area contributed by atoms with E-state index < -0.39 is 5.82 Å². The highest BCUT2D eigenvalue weighted by molar-refractivity contribution is 5.98. The van der Waals surface area contributed by atoms with Crippen LogP contribution < -0.4 is 10.2 Å². The van der Waals surface area contributed by atoms with Gasteiger partial charge < -0.3 is 15.2 Å². The number of benzene rings is 1. The van der Waals surface area contributed by atoms with Crippen LogP contribution in [0.4, 0.5) is 10.1 Å². The lowest BCUT2D eigenvalue weighted by Gasteiger charge is -2.17. The van der Waals surface area contributed by atoms with E-state index in [0.29, 0.717) is 5.69 Å². The van der Waals surface area contributed by atoms with Gasteiger partial charge in [-0.3, -0.25) is 9.59 Å². The Morgan fingerprint density at radius 3 is 2.95 bits per heavy atom. The van der Waals surface area contributed by atoms with Gasteiger partial charge in [0.1, 0.15) is 11.5 Å². The molecule has 1 fully saturated rings. The predicted octanol–water partition coefficient (Wildman–Crippen LogP) is 1.08. The van der Waals surface area contributed by atoms with E-state index in [2.05, 4.69) is 15.3 Å². The van der Waals surface area contributed by atoms with Crippen molar-refractivity contribution in [3.05, 3.63) is 48.3 Å². The second kappa shape index (κ2) is 5.35. The Balaban J connectivity index is 1.71. The molecule has 2 amide bonds. The molecule has 21 heavy (non-hydrogen) atoms. The number of amides is 2. The second-order valence-electron chi connectivity index (χ2n) is 4.80. The molecule has 2 N–H and O–H groups in total. The normalized spacial score (nSPS) is 18.0. The van der Waals surface area contributed by atoms with Crippen LogP contribution >= 0.6 is 0 Å². The fourth-order valence-electron chi connectivity index (χ4n) is 2.35. The third-order valence-corrected chi connectivity index (χ3v) is 3.35. The molecule has 7 heteroatoms. The molecule has 2 heterocycles. The van der Waals surface area contributed by atoms with Crippen molar-refractivity contribution in [1.82, 2.24) is 15.3 Å². The van der Waals surface area contributed by atoms with Crippen LogP contribution in [0.2, 0.25) is 0 Å². The average molecular weight is 288 g/mol. The van der Waals surface area contributed by atoms with Crippen molar-refractivity contribution in [2.45, 2.75) is 12.5 Å². The van der Waals surface area contributed by atoms with Crippen LogP contribution in [0.15, 0.2) is 36.8 Å². The molecule has 6 nitrogen and oxygen atoms in total. The third-order valence-electron chi connectivity index (χ3n) is 3.35. The molecule has 0 spiro atoms. The number of hydrogen-bond donors (Lipinski definition) is 2. The zero-order valence-corrected chi connectivity index (χ0v) is 11.0. The summed E-state index contributed by atoms with van der Waals surface area (Å²) in [5.41, 5.74) is 0.563. The van der Waals surface area contributed by atoms with E-state index in [9.17, 15) is 14.0 Å². The molecule has 1 unspecified atom stereocenters.